The summed E-state index contributed by atoms with van der Waals surface area (Å²) in [7, 11) is 0.441. The Morgan fingerprint density at radius 3 is 2.32 bits per heavy atom. The highest BCUT2D eigenvalue weighted by atomic mass is 32.2. The number of nitrogens with one attached hydrogen (secondary N) is 2. The third kappa shape index (κ3) is 6.98. The third-order valence-corrected chi connectivity index (χ3v) is 5.69. The highest BCUT2D eigenvalue weighted by Gasteiger charge is 2.50. The van der Waals surface area contributed by atoms with E-state index in [-0.39, 0.29) is 19.0 Å². The van der Waals surface area contributed by atoms with Crippen LogP contribution in [0.25, 0.3) is 0 Å². The first-order valence-corrected chi connectivity index (χ1v) is 9.67. The average molecular weight is 387 g/mol. The molecule has 7 nitrogen and oxygen atoms in total. The zero-order chi connectivity index (χ0) is 19.1. The second kappa shape index (κ2) is 9.58. The largest absolute Gasteiger partial charge is 0.511 e. The van der Waals surface area contributed by atoms with E-state index in [1.54, 1.807) is 7.05 Å². The maximum Gasteiger partial charge on any atom is 0.511 e. The van der Waals surface area contributed by atoms with Gasteiger partial charge in [0.25, 0.3) is 0 Å². The first-order valence-electron chi connectivity index (χ1n) is 8.23. The fourth-order valence-electron chi connectivity index (χ4n) is 2.56. The Bertz CT molecular complexity index is 529. The molecule has 0 spiro atoms. The summed E-state index contributed by atoms with van der Waals surface area (Å²) in [4.78, 5) is 6.19. The number of alkyl halides is 3. The summed E-state index contributed by atoms with van der Waals surface area (Å²) in [5, 5.41) is 6.32. The molecule has 0 atom stereocenters. The first-order chi connectivity index (χ1) is 11.6. The molecule has 148 valence electrons. The highest BCUT2D eigenvalue weighted by molar-refractivity contribution is 7.90. The fourth-order valence-corrected chi connectivity index (χ4v) is 3.55. The van der Waals surface area contributed by atoms with Crippen molar-refractivity contribution in [1.82, 2.24) is 19.8 Å². The van der Waals surface area contributed by atoms with Gasteiger partial charge in [-0.3, -0.25) is 4.99 Å². The van der Waals surface area contributed by atoms with Gasteiger partial charge in [0, 0.05) is 33.2 Å². The van der Waals surface area contributed by atoms with E-state index < -0.39 is 15.5 Å². The Labute approximate surface area is 147 Å². The SMILES string of the molecule is CN=C(NCCCN(C)C)NCC1CCN(S(=O)(=O)C(F)(F)F)CC1. The van der Waals surface area contributed by atoms with Gasteiger partial charge < -0.3 is 15.5 Å². The van der Waals surface area contributed by atoms with E-state index in [0.29, 0.717) is 29.7 Å². The molecule has 1 fully saturated rings. The van der Waals surface area contributed by atoms with Crippen molar-refractivity contribution in [1.29, 1.82) is 0 Å². The number of rotatable bonds is 7. The highest BCUT2D eigenvalue weighted by Crippen LogP contribution is 2.30. The number of aliphatic imine (C=N–C) groups is 1. The van der Waals surface area contributed by atoms with Gasteiger partial charge in [-0.15, -0.1) is 0 Å². The molecule has 1 heterocycles. The first kappa shape index (κ1) is 22.0. The Morgan fingerprint density at radius 1 is 1.24 bits per heavy atom. The molecule has 11 heteroatoms. The van der Waals surface area contributed by atoms with Crippen LogP contribution in [0, 0.1) is 5.92 Å². The van der Waals surface area contributed by atoms with Crippen molar-refractivity contribution in [2.45, 2.75) is 24.8 Å². The summed E-state index contributed by atoms with van der Waals surface area (Å²) in [6.45, 7) is 2.05. The predicted octanol–water partition coefficient (Wildman–Crippen LogP) is 0.665. The van der Waals surface area contributed by atoms with Gasteiger partial charge in [-0.1, -0.05) is 0 Å². The molecule has 1 rings (SSSR count). The molecule has 0 aromatic carbocycles. The van der Waals surface area contributed by atoms with Crippen LogP contribution < -0.4 is 10.6 Å². The zero-order valence-electron chi connectivity index (χ0n) is 14.9. The van der Waals surface area contributed by atoms with E-state index in [0.717, 1.165) is 19.5 Å². The molecule has 0 amide bonds. The Morgan fingerprint density at radius 2 is 1.84 bits per heavy atom. The Balaban J connectivity index is 2.34. The van der Waals surface area contributed by atoms with Gasteiger partial charge in [-0.25, -0.2) is 8.42 Å². The lowest BCUT2D eigenvalue weighted by Crippen LogP contribution is -2.47. The van der Waals surface area contributed by atoms with Gasteiger partial charge in [-0.2, -0.15) is 17.5 Å². The molecular formula is C14H28F3N5O2S. The minimum atomic E-state index is -5.23. The quantitative estimate of drug-likeness (QED) is 0.381. The van der Waals surface area contributed by atoms with E-state index in [1.807, 2.05) is 14.1 Å². The standard InChI is InChI=1S/C14H28F3N5O2S/c1-18-13(19-7-4-8-21(2)3)20-11-12-5-9-22(10-6-12)25(23,24)14(15,16)17/h12H,4-11H2,1-3H3,(H2,18,19,20). The summed E-state index contributed by atoms with van der Waals surface area (Å²) < 4.78 is 60.9. The molecule has 0 aromatic rings. The van der Waals surface area contributed by atoms with E-state index in [4.69, 9.17) is 0 Å². The van der Waals surface area contributed by atoms with E-state index >= 15 is 0 Å². The summed E-state index contributed by atoms with van der Waals surface area (Å²) >= 11 is 0. The van der Waals surface area contributed by atoms with Crippen molar-refractivity contribution in [2.75, 3.05) is 53.9 Å². The minimum absolute atomic E-state index is 0.108. The smallest absolute Gasteiger partial charge is 0.356 e. The van der Waals surface area contributed by atoms with E-state index in [2.05, 4.69) is 20.5 Å². The number of nitrogens with zero attached hydrogens (tertiary/aromatic N) is 3. The van der Waals surface area contributed by atoms with Gasteiger partial charge in [0.1, 0.15) is 0 Å². The van der Waals surface area contributed by atoms with Crippen molar-refractivity contribution >= 4 is 16.0 Å². The lowest BCUT2D eigenvalue weighted by Gasteiger charge is -2.31. The van der Waals surface area contributed by atoms with Gasteiger partial charge in [0.15, 0.2) is 5.96 Å². The van der Waals surface area contributed by atoms with Crippen LogP contribution >= 0.6 is 0 Å². The summed E-state index contributed by atoms with van der Waals surface area (Å²) in [6.07, 6.45) is 1.74. The van der Waals surface area contributed by atoms with Gasteiger partial charge in [0.2, 0.25) is 0 Å². The number of hydrogen-bond donors (Lipinski definition) is 2. The molecule has 0 unspecified atom stereocenters. The average Bonchev–Trinajstić information content (AvgIpc) is 2.53. The maximum atomic E-state index is 12.5. The monoisotopic (exact) mass is 387 g/mol. The van der Waals surface area contributed by atoms with Crippen LogP contribution in [0.4, 0.5) is 13.2 Å². The molecule has 0 aliphatic carbocycles. The summed E-state index contributed by atoms with van der Waals surface area (Å²) in [6, 6.07) is 0. The Hall–Kier alpha value is -1.07. The van der Waals surface area contributed by atoms with Crippen LogP contribution in [0.3, 0.4) is 0 Å². The van der Waals surface area contributed by atoms with Crippen molar-refractivity contribution in [3.05, 3.63) is 0 Å². The predicted molar refractivity (Wildman–Crippen MR) is 91.8 cm³/mol. The fraction of sp³-hybridized carbons (Fsp3) is 0.929. The van der Waals surface area contributed by atoms with Gasteiger partial charge in [0.05, 0.1) is 0 Å². The summed E-state index contributed by atoms with van der Waals surface area (Å²) in [5.74, 6) is 0.754. The Kier molecular flexibility index (Phi) is 8.42. The molecule has 0 bridgehead atoms. The minimum Gasteiger partial charge on any atom is -0.356 e. The van der Waals surface area contributed by atoms with Crippen molar-refractivity contribution in [3.63, 3.8) is 0 Å². The lowest BCUT2D eigenvalue weighted by molar-refractivity contribution is -0.0496. The molecule has 0 radical (unpaired) electrons. The molecule has 1 aliphatic heterocycles. The second-order valence-corrected chi connectivity index (χ2v) is 8.26. The topological polar surface area (TPSA) is 77.0 Å². The molecule has 1 saturated heterocycles. The number of sulfonamides is 1. The maximum absolute atomic E-state index is 12.5. The summed E-state index contributed by atoms with van der Waals surface area (Å²) in [5.41, 5.74) is -5.23. The van der Waals surface area contributed by atoms with E-state index in [1.165, 1.54) is 0 Å². The van der Waals surface area contributed by atoms with Gasteiger partial charge in [-0.05, 0) is 45.8 Å². The number of piperidine rings is 1. The lowest BCUT2D eigenvalue weighted by atomic mass is 9.98. The molecular weight excluding hydrogens is 359 g/mol. The van der Waals surface area contributed by atoms with E-state index in [9.17, 15) is 21.6 Å². The van der Waals surface area contributed by atoms with Crippen molar-refractivity contribution in [2.24, 2.45) is 10.9 Å². The number of hydrogen-bond acceptors (Lipinski definition) is 4. The molecule has 1 aliphatic rings. The zero-order valence-corrected chi connectivity index (χ0v) is 15.8. The number of guanidine groups is 1. The van der Waals surface area contributed by atoms with Crippen molar-refractivity contribution < 1.29 is 21.6 Å². The van der Waals surface area contributed by atoms with Crippen LogP contribution in [0.2, 0.25) is 0 Å². The second-order valence-electron chi connectivity index (χ2n) is 6.33. The van der Waals surface area contributed by atoms with Crippen LogP contribution in [-0.2, 0) is 10.0 Å². The molecule has 0 saturated carbocycles. The van der Waals surface area contributed by atoms with Crippen LogP contribution in [0.5, 0.6) is 0 Å². The van der Waals surface area contributed by atoms with Gasteiger partial charge >= 0.3 is 15.5 Å². The molecule has 0 aromatic heterocycles. The molecule has 2 N–H and O–H groups in total. The molecule has 25 heavy (non-hydrogen) atoms. The third-order valence-electron chi connectivity index (χ3n) is 4.06. The normalized spacial score (nSPS) is 18.6. The van der Waals surface area contributed by atoms with Crippen molar-refractivity contribution in [3.8, 4) is 0 Å². The number of halogens is 3. The van der Waals surface area contributed by atoms with Crippen LogP contribution in [-0.4, -0.2) is 83.0 Å². The van der Waals surface area contributed by atoms with Crippen LogP contribution in [0.15, 0.2) is 4.99 Å². The van der Waals surface area contributed by atoms with Crippen LogP contribution in [0.1, 0.15) is 19.3 Å².